The van der Waals surface area contributed by atoms with E-state index >= 15 is 0 Å². The van der Waals surface area contributed by atoms with E-state index in [1.54, 1.807) is 19.1 Å². The predicted octanol–water partition coefficient (Wildman–Crippen LogP) is 1.93. The molecule has 0 aliphatic carbocycles. The monoisotopic (exact) mass is 246 g/mol. The van der Waals surface area contributed by atoms with Crippen LogP contribution in [0.15, 0.2) is 34.9 Å². The van der Waals surface area contributed by atoms with Crippen LogP contribution >= 0.6 is 0 Å². The number of carboxylic acids is 1. The highest BCUT2D eigenvalue weighted by Gasteiger charge is 2.15. The fourth-order valence-corrected chi connectivity index (χ4v) is 1.44. The lowest BCUT2D eigenvalue weighted by Gasteiger charge is -2.06. The van der Waals surface area contributed by atoms with Gasteiger partial charge in [0, 0.05) is 6.07 Å². The van der Waals surface area contributed by atoms with Gasteiger partial charge in [-0.25, -0.2) is 4.79 Å². The molecule has 2 N–H and O–H groups in total. The summed E-state index contributed by atoms with van der Waals surface area (Å²) in [6, 6.07) is 7.61. The number of carboxylic acid groups (broad SMARTS) is 1. The molecule has 6 nitrogen and oxygen atoms in total. The number of nitrogens with zero attached hydrogens (tertiary/aromatic N) is 1. The van der Waals surface area contributed by atoms with E-state index in [2.05, 4.69) is 10.5 Å². The number of rotatable bonds is 3. The minimum absolute atomic E-state index is 0.0195. The summed E-state index contributed by atoms with van der Waals surface area (Å²) in [4.78, 5) is 22.7. The Morgan fingerprint density at radius 1 is 1.33 bits per heavy atom. The number of benzene rings is 1. The standard InChI is InChI=1S/C12H10N2O4/c1-7-6-10(14-18-7)11(15)13-9-5-3-2-4-8(9)12(16)17/h2-6H,1H3,(H,13,15)(H,16,17). The van der Waals surface area contributed by atoms with E-state index < -0.39 is 11.9 Å². The molecule has 1 amide bonds. The molecule has 0 atom stereocenters. The van der Waals surface area contributed by atoms with E-state index in [-0.39, 0.29) is 16.9 Å². The van der Waals surface area contributed by atoms with Gasteiger partial charge in [0.1, 0.15) is 5.76 Å². The van der Waals surface area contributed by atoms with Crippen LogP contribution in [0.1, 0.15) is 26.6 Å². The zero-order chi connectivity index (χ0) is 13.1. The Morgan fingerprint density at radius 3 is 2.67 bits per heavy atom. The first kappa shape index (κ1) is 11.8. The Bertz CT molecular complexity index is 604. The molecule has 0 unspecified atom stereocenters. The molecule has 0 fully saturated rings. The van der Waals surface area contributed by atoms with Crippen LogP contribution in [-0.2, 0) is 0 Å². The lowest BCUT2D eigenvalue weighted by atomic mass is 10.2. The minimum Gasteiger partial charge on any atom is -0.478 e. The van der Waals surface area contributed by atoms with Crippen LogP contribution in [-0.4, -0.2) is 22.1 Å². The summed E-state index contributed by atoms with van der Waals surface area (Å²) in [5.74, 6) is -1.12. The first-order valence-corrected chi connectivity index (χ1v) is 5.15. The number of aromatic carboxylic acids is 1. The van der Waals surface area contributed by atoms with Crippen molar-refractivity contribution in [2.75, 3.05) is 5.32 Å². The summed E-state index contributed by atoms with van der Waals surface area (Å²) in [5.41, 5.74) is 0.342. The molecular weight excluding hydrogens is 236 g/mol. The lowest BCUT2D eigenvalue weighted by molar-refractivity contribution is 0.0698. The Hall–Kier alpha value is -2.63. The second-order valence-corrected chi connectivity index (χ2v) is 3.63. The fourth-order valence-electron chi connectivity index (χ4n) is 1.44. The van der Waals surface area contributed by atoms with E-state index in [0.29, 0.717) is 5.76 Å². The molecule has 0 bridgehead atoms. The third-order valence-corrected chi connectivity index (χ3v) is 2.27. The van der Waals surface area contributed by atoms with Gasteiger partial charge in [0.05, 0.1) is 11.3 Å². The molecule has 1 aromatic heterocycles. The molecule has 0 aliphatic heterocycles. The highest BCUT2D eigenvalue weighted by atomic mass is 16.5. The van der Waals surface area contributed by atoms with Crippen LogP contribution in [0.2, 0.25) is 0 Å². The molecule has 2 aromatic rings. The van der Waals surface area contributed by atoms with Gasteiger partial charge in [-0.05, 0) is 19.1 Å². The van der Waals surface area contributed by atoms with Crippen molar-refractivity contribution in [3.05, 3.63) is 47.3 Å². The van der Waals surface area contributed by atoms with Gasteiger partial charge in [-0.3, -0.25) is 4.79 Å². The maximum Gasteiger partial charge on any atom is 0.337 e. The topological polar surface area (TPSA) is 92.4 Å². The predicted molar refractivity (Wildman–Crippen MR) is 62.6 cm³/mol. The number of carbonyl (C=O) groups excluding carboxylic acids is 1. The van der Waals surface area contributed by atoms with E-state index in [0.717, 1.165) is 0 Å². The maximum atomic E-state index is 11.8. The van der Waals surface area contributed by atoms with Gasteiger partial charge in [-0.2, -0.15) is 0 Å². The molecular formula is C12H10N2O4. The first-order valence-electron chi connectivity index (χ1n) is 5.15. The molecule has 6 heteroatoms. The number of hydrogen-bond donors (Lipinski definition) is 2. The normalized spacial score (nSPS) is 10.1. The molecule has 0 saturated heterocycles. The Balaban J connectivity index is 2.24. The van der Waals surface area contributed by atoms with Crippen molar-refractivity contribution in [1.29, 1.82) is 0 Å². The Morgan fingerprint density at radius 2 is 2.06 bits per heavy atom. The molecule has 0 radical (unpaired) electrons. The smallest absolute Gasteiger partial charge is 0.337 e. The fraction of sp³-hybridized carbons (Fsp3) is 0.0833. The highest BCUT2D eigenvalue weighted by Crippen LogP contribution is 2.16. The lowest BCUT2D eigenvalue weighted by Crippen LogP contribution is -2.15. The largest absolute Gasteiger partial charge is 0.478 e. The van der Waals surface area contributed by atoms with Gasteiger partial charge in [0.15, 0.2) is 5.69 Å². The zero-order valence-electron chi connectivity index (χ0n) is 9.51. The summed E-state index contributed by atoms with van der Waals surface area (Å²) < 4.78 is 4.77. The summed E-state index contributed by atoms with van der Waals surface area (Å²) in [5, 5.41) is 15.0. The average Bonchev–Trinajstić information content (AvgIpc) is 2.76. The summed E-state index contributed by atoms with van der Waals surface area (Å²) in [6.07, 6.45) is 0. The number of nitrogens with one attached hydrogen (secondary N) is 1. The Labute approximate surface area is 102 Å². The number of anilines is 1. The van der Waals surface area contributed by atoms with Crippen LogP contribution in [0.3, 0.4) is 0 Å². The summed E-state index contributed by atoms with van der Waals surface area (Å²) >= 11 is 0. The number of hydrogen-bond acceptors (Lipinski definition) is 4. The first-order chi connectivity index (χ1) is 8.58. The molecule has 1 heterocycles. The summed E-state index contributed by atoms with van der Waals surface area (Å²) in [6.45, 7) is 1.66. The van der Waals surface area contributed by atoms with Gasteiger partial charge in [-0.15, -0.1) is 0 Å². The highest BCUT2D eigenvalue weighted by molar-refractivity contribution is 6.06. The molecule has 1 aromatic carbocycles. The van der Waals surface area contributed by atoms with Gasteiger partial charge in [0.25, 0.3) is 5.91 Å². The quantitative estimate of drug-likeness (QED) is 0.863. The molecule has 18 heavy (non-hydrogen) atoms. The third kappa shape index (κ3) is 2.37. The zero-order valence-corrected chi connectivity index (χ0v) is 9.51. The Kier molecular flexibility index (Phi) is 3.09. The average molecular weight is 246 g/mol. The molecule has 0 aliphatic rings. The van der Waals surface area contributed by atoms with Crippen molar-refractivity contribution < 1.29 is 19.2 Å². The van der Waals surface area contributed by atoms with Crippen LogP contribution in [0.4, 0.5) is 5.69 Å². The van der Waals surface area contributed by atoms with E-state index in [1.807, 2.05) is 0 Å². The SMILES string of the molecule is Cc1cc(C(=O)Nc2ccccc2C(=O)O)no1. The van der Waals surface area contributed by atoms with Crippen molar-refractivity contribution in [2.24, 2.45) is 0 Å². The van der Waals surface area contributed by atoms with Crippen molar-refractivity contribution in [3.63, 3.8) is 0 Å². The number of aryl methyl sites for hydroxylation is 1. The number of aromatic nitrogens is 1. The van der Waals surface area contributed by atoms with Gasteiger partial charge in [-0.1, -0.05) is 17.3 Å². The second-order valence-electron chi connectivity index (χ2n) is 3.63. The van der Waals surface area contributed by atoms with Gasteiger partial charge >= 0.3 is 5.97 Å². The van der Waals surface area contributed by atoms with E-state index in [4.69, 9.17) is 9.63 Å². The van der Waals surface area contributed by atoms with Crippen LogP contribution in [0.25, 0.3) is 0 Å². The molecule has 0 spiro atoms. The second kappa shape index (κ2) is 4.70. The minimum atomic E-state index is -1.11. The molecule has 92 valence electrons. The van der Waals surface area contributed by atoms with Crippen molar-refractivity contribution >= 4 is 17.6 Å². The number of carbonyl (C=O) groups is 2. The summed E-state index contributed by atoms with van der Waals surface area (Å²) in [7, 11) is 0. The molecule has 2 rings (SSSR count). The number of amides is 1. The molecule has 0 saturated carbocycles. The van der Waals surface area contributed by atoms with E-state index in [1.165, 1.54) is 18.2 Å². The van der Waals surface area contributed by atoms with Gasteiger partial charge < -0.3 is 14.9 Å². The van der Waals surface area contributed by atoms with Crippen molar-refractivity contribution in [2.45, 2.75) is 6.92 Å². The third-order valence-electron chi connectivity index (χ3n) is 2.27. The van der Waals surface area contributed by atoms with Gasteiger partial charge in [0.2, 0.25) is 0 Å². The number of para-hydroxylation sites is 1. The maximum absolute atomic E-state index is 11.8. The van der Waals surface area contributed by atoms with Crippen LogP contribution < -0.4 is 5.32 Å². The van der Waals surface area contributed by atoms with Crippen molar-refractivity contribution in [1.82, 2.24) is 5.16 Å². The van der Waals surface area contributed by atoms with Crippen LogP contribution in [0.5, 0.6) is 0 Å². The van der Waals surface area contributed by atoms with Crippen LogP contribution in [0, 0.1) is 6.92 Å². The van der Waals surface area contributed by atoms with E-state index in [9.17, 15) is 9.59 Å². The van der Waals surface area contributed by atoms with Crippen molar-refractivity contribution in [3.8, 4) is 0 Å².